The number of benzene rings is 4. The smallest absolute Gasteiger partial charge is 0.329 e. The number of carbonyl (C=O) groups is 8. The number of carbonyl (C=O) groups excluding carboxylic acids is 8. The number of nitrogens with one attached hydrogen (secondary N) is 1. The summed E-state index contributed by atoms with van der Waals surface area (Å²) < 4.78 is 35.1. The molecule has 0 aliphatic carbocycles. The van der Waals surface area contributed by atoms with Crippen molar-refractivity contribution in [2.45, 2.75) is 142 Å². The van der Waals surface area contributed by atoms with Crippen LogP contribution in [0.4, 0.5) is 0 Å². The molecular formula is C61H73N3O14. The average Bonchev–Trinajstić information content (AvgIpc) is 3.71. The van der Waals surface area contributed by atoms with Crippen molar-refractivity contribution in [2.75, 3.05) is 47.2 Å². The van der Waals surface area contributed by atoms with E-state index in [4.69, 9.17) is 28.4 Å². The lowest BCUT2D eigenvalue weighted by molar-refractivity contribution is -0.162. The summed E-state index contributed by atoms with van der Waals surface area (Å²) in [4.78, 5) is 108. The zero-order chi connectivity index (χ0) is 55.9. The Labute approximate surface area is 456 Å². The first-order chi connectivity index (χ1) is 37.6. The van der Waals surface area contributed by atoms with E-state index in [9.17, 15) is 38.4 Å². The van der Waals surface area contributed by atoms with E-state index >= 15 is 0 Å². The zero-order valence-electron chi connectivity index (χ0n) is 45.8. The van der Waals surface area contributed by atoms with E-state index in [0.717, 1.165) is 40.0 Å². The third kappa shape index (κ3) is 14.6. The summed E-state index contributed by atoms with van der Waals surface area (Å²) in [6.45, 7) is 8.90. The minimum absolute atomic E-state index is 0.00339. The van der Waals surface area contributed by atoms with Gasteiger partial charge in [0.25, 0.3) is 11.8 Å². The lowest BCUT2D eigenvalue weighted by Crippen LogP contribution is -2.54. The molecule has 2 fully saturated rings. The SMILES string of the molecule is CC[C@H](C(=O)N1CCCC[C@H]1C(=O)OC(CCc1ccc(C)c(C)c1)c1cccc(OCC(=O)CCCCOCCCCC(=O)COc2cccc3c2C(=O)N(C2CCC(=O)NC2=O)C3=O)c1)c1cc(C)c(OC)c(OC)c1. The second-order valence-electron chi connectivity index (χ2n) is 20.3. The maximum atomic E-state index is 14.5. The molecular weight excluding hydrogens is 999 g/mol. The number of esters is 1. The highest BCUT2D eigenvalue weighted by molar-refractivity contribution is 6.24. The molecule has 7 rings (SSSR count). The molecule has 0 radical (unpaired) electrons. The molecule has 0 aromatic heterocycles. The van der Waals surface area contributed by atoms with Gasteiger partial charge in [-0.2, -0.15) is 0 Å². The van der Waals surface area contributed by atoms with Gasteiger partial charge in [-0.05, 0) is 155 Å². The molecule has 17 nitrogen and oxygen atoms in total. The van der Waals surface area contributed by atoms with E-state index in [2.05, 4.69) is 37.4 Å². The monoisotopic (exact) mass is 1070 g/mol. The quantitative estimate of drug-likeness (QED) is 0.0320. The molecule has 17 heteroatoms. The number of nitrogens with zero attached hydrogens (tertiary/aromatic N) is 2. The number of unbranched alkanes of at least 4 members (excludes halogenated alkanes) is 2. The Hall–Kier alpha value is -7.40. The predicted octanol–water partition coefficient (Wildman–Crippen LogP) is 8.78. The van der Waals surface area contributed by atoms with Gasteiger partial charge in [0.15, 0.2) is 23.1 Å². The van der Waals surface area contributed by atoms with Gasteiger partial charge in [-0.3, -0.25) is 43.8 Å². The highest BCUT2D eigenvalue weighted by Crippen LogP contribution is 2.38. The minimum Gasteiger partial charge on any atom is -0.493 e. The summed E-state index contributed by atoms with van der Waals surface area (Å²) in [5, 5.41) is 2.17. The number of imide groups is 2. The van der Waals surface area contributed by atoms with Crippen LogP contribution in [0.25, 0.3) is 0 Å². The van der Waals surface area contributed by atoms with Gasteiger partial charge in [0.05, 0.1) is 31.3 Å². The predicted molar refractivity (Wildman–Crippen MR) is 289 cm³/mol. The number of methoxy groups -OCH3 is 2. The van der Waals surface area contributed by atoms with Crippen LogP contribution in [0, 0.1) is 20.8 Å². The standard InChI is InChI=1S/C61H73N3O14/c1-7-47(43-33-40(4)56(74-6)53(35-43)73-5)58(69)63-29-11-8-21-50(63)61(72)78-51(27-25-41-24-23-38(2)39(3)32-41)42-16-14-19-46(34-42)76-36-44(65)17-9-12-30-75-31-13-10-18-45(66)37-77-52-22-15-20-48-55(52)60(71)64(59(48)70)49-26-28-54(67)62-57(49)68/h14-16,19-20,22-24,32-35,47,49-51H,7-13,17-18,21,25-31,36-37H2,1-6H3,(H,62,67,68)/t47-,49?,50-,51?/m0/s1. The zero-order valence-corrected chi connectivity index (χ0v) is 45.8. The molecule has 3 aliphatic rings. The molecule has 3 aliphatic heterocycles. The topological polar surface area (TPSA) is 210 Å². The molecule has 1 N–H and O–H groups in total. The van der Waals surface area contributed by atoms with Crippen molar-refractivity contribution < 1.29 is 66.8 Å². The van der Waals surface area contributed by atoms with Crippen molar-refractivity contribution in [3.05, 3.63) is 117 Å². The minimum atomic E-state index is -1.11. The van der Waals surface area contributed by atoms with Gasteiger partial charge in [0, 0.05) is 39.0 Å². The number of rotatable bonds is 28. The summed E-state index contributed by atoms with van der Waals surface area (Å²) >= 11 is 0. The largest absolute Gasteiger partial charge is 0.493 e. The number of aryl methyl sites for hydroxylation is 4. The van der Waals surface area contributed by atoms with Gasteiger partial charge in [-0.25, -0.2) is 4.79 Å². The summed E-state index contributed by atoms with van der Waals surface area (Å²) in [5.74, 6) is -2.19. The maximum absolute atomic E-state index is 14.5. The van der Waals surface area contributed by atoms with E-state index in [1.165, 1.54) is 29.3 Å². The Morgan fingerprint density at radius 2 is 1.45 bits per heavy atom. The number of piperidine rings is 2. The molecule has 5 amide bonds. The van der Waals surface area contributed by atoms with Crippen LogP contribution in [0.3, 0.4) is 0 Å². The number of Topliss-reactive ketones (excluding diaryl/α,β-unsaturated/α-hetero) is 2. The molecule has 416 valence electrons. The molecule has 4 atom stereocenters. The fraction of sp³-hybridized carbons (Fsp3) is 0.475. The number of amides is 5. The fourth-order valence-corrected chi connectivity index (χ4v) is 10.4. The lowest BCUT2D eigenvalue weighted by atomic mass is 9.91. The van der Waals surface area contributed by atoms with Gasteiger partial charge < -0.3 is 33.3 Å². The normalized spacial score (nSPS) is 17.0. The van der Waals surface area contributed by atoms with Crippen molar-refractivity contribution in [2.24, 2.45) is 0 Å². The van der Waals surface area contributed by atoms with Gasteiger partial charge in [-0.15, -0.1) is 0 Å². The Balaban J connectivity index is 0.849. The Kier molecular flexibility index (Phi) is 20.8. The van der Waals surface area contributed by atoms with Crippen molar-refractivity contribution in [3.63, 3.8) is 0 Å². The molecule has 4 aromatic rings. The van der Waals surface area contributed by atoms with Gasteiger partial charge in [-0.1, -0.05) is 49.4 Å². The first-order valence-corrected chi connectivity index (χ1v) is 27.2. The van der Waals surface area contributed by atoms with Crippen LogP contribution in [0.2, 0.25) is 0 Å². The molecule has 2 saturated heterocycles. The Morgan fingerprint density at radius 1 is 0.718 bits per heavy atom. The number of ketones is 2. The number of ether oxygens (including phenoxy) is 6. The third-order valence-electron chi connectivity index (χ3n) is 14.8. The van der Waals surface area contributed by atoms with Crippen molar-refractivity contribution in [3.8, 4) is 23.0 Å². The third-order valence-corrected chi connectivity index (χ3v) is 14.8. The maximum Gasteiger partial charge on any atom is 0.329 e. The van der Waals surface area contributed by atoms with Gasteiger partial charge in [0.1, 0.15) is 42.9 Å². The van der Waals surface area contributed by atoms with Crippen LogP contribution < -0.4 is 24.3 Å². The number of fused-ring (bicyclic) bond motifs is 1. The molecule has 2 unspecified atom stereocenters. The molecule has 0 spiro atoms. The first-order valence-electron chi connectivity index (χ1n) is 27.2. The van der Waals surface area contributed by atoms with Crippen LogP contribution in [-0.4, -0.2) is 116 Å². The first kappa shape index (κ1) is 58.3. The average molecular weight is 1070 g/mol. The van der Waals surface area contributed by atoms with E-state index in [0.29, 0.717) is 94.8 Å². The summed E-state index contributed by atoms with van der Waals surface area (Å²) in [5.41, 5.74) is 5.91. The highest BCUT2D eigenvalue weighted by Gasteiger charge is 2.46. The van der Waals surface area contributed by atoms with E-state index in [-0.39, 0.29) is 66.8 Å². The van der Waals surface area contributed by atoms with Crippen LogP contribution in [-0.2, 0) is 44.7 Å². The van der Waals surface area contributed by atoms with E-state index in [1.807, 2.05) is 44.2 Å². The lowest BCUT2D eigenvalue weighted by Gasteiger charge is -2.37. The molecule has 0 bridgehead atoms. The van der Waals surface area contributed by atoms with Crippen LogP contribution in [0.5, 0.6) is 23.0 Å². The molecule has 0 saturated carbocycles. The molecule has 78 heavy (non-hydrogen) atoms. The van der Waals surface area contributed by atoms with Gasteiger partial charge in [0.2, 0.25) is 17.7 Å². The van der Waals surface area contributed by atoms with E-state index < -0.39 is 53.7 Å². The second kappa shape index (κ2) is 27.8. The number of hydrogen-bond donors (Lipinski definition) is 1. The van der Waals surface area contributed by atoms with E-state index in [1.54, 1.807) is 25.2 Å². The Morgan fingerprint density at radius 3 is 2.14 bits per heavy atom. The highest BCUT2D eigenvalue weighted by atomic mass is 16.5. The molecule has 4 aromatic carbocycles. The van der Waals surface area contributed by atoms with Crippen LogP contribution in [0.1, 0.15) is 157 Å². The molecule has 3 heterocycles. The second-order valence-corrected chi connectivity index (χ2v) is 20.3. The summed E-state index contributed by atoms with van der Waals surface area (Å²) in [6.07, 6.45) is 6.01. The summed E-state index contributed by atoms with van der Waals surface area (Å²) in [6, 6.07) is 20.1. The van der Waals surface area contributed by atoms with Crippen LogP contribution in [0.15, 0.2) is 72.8 Å². The van der Waals surface area contributed by atoms with Gasteiger partial charge >= 0.3 is 5.97 Å². The van der Waals surface area contributed by atoms with Crippen molar-refractivity contribution >= 4 is 47.1 Å². The number of hydrogen-bond acceptors (Lipinski definition) is 14. The van der Waals surface area contributed by atoms with Crippen molar-refractivity contribution in [1.29, 1.82) is 0 Å². The summed E-state index contributed by atoms with van der Waals surface area (Å²) in [7, 11) is 3.16. The number of likely N-dealkylation sites (tertiary alicyclic amines) is 1. The fourth-order valence-electron chi connectivity index (χ4n) is 10.4. The Bertz CT molecular complexity index is 2860. The van der Waals surface area contributed by atoms with Crippen LogP contribution >= 0.6 is 0 Å². The van der Waals surface area contributed by atoms with Crippen molar-refractivity contribution in [1.82, 2.24) is 15.1 Å².